The Morgan fingerprint density at radius 2 is 1.77 bits per heavy atom. The van der Waals surface area contributed by atoms with Gasteiger partial charge in [-0.05, 0) is 31.5 Å². The molecule has 3 rings (SSSR count). The highest BCUT2D eigenvalue weighted by Crippen LogP contribution is 2.46. The van der Waals surface area contributed by atoms with Crippen LogP contribution in [0.15, 0.2) is 64.7 Å². The molecule has 0 saturated heterocycles. The van der Waals surface area contributed by atoms with Crippen molar-refractivity contribution >= 4 is 23.4 Å². The molecule has 3 nitrogen and oxygen atoms in total. The van der Waals surface area contributed by atoms with Crippen LogP contribution in [0, 0.1) is 6.92 Å². The van der Waals surface area contributed by atoms with Gasteiger partial charge in [-0.3, -0.25) is 0 Å². The molecule has 112 valence electrons. The molecule has 4 heteroatoms. The Morgan fingerprint density at radius 3 is 2.45 bits per heavy atom. The summed E-state index contributed by atoms with van der Waals surface area (Å²) < 4.78 is 0. The monoisotopic (exact) mass is 311 g/mol. The van der Waals surface area contributed by atoms with Crippen molar-refractivity contribution in [3.63, 3.8) is 0 Å². The molecule has 0 radical (unpaired) electrons. The summed E-state index contributed by atoms with van der Waals surface area (Å²) in [5.74, 6) is -0.879. The third-order valence-corrected chi connectivity index (χ3v) is 5.08. The summed E-state index contributed by atoms with van der Waals surface area (Å²) in [4.78, 5) is 12.9. The lowest BCUT2D eigenvalue weighted by molar-refractivity contribution is -0.132. The van der Waals surface area contributed by atoms with Crippen LogP contribution in [0.1, 0.15) is 23.3 Å². The van der Waals surface area contributed by atoms with Crippen molar-refractivity contribution in [3.05, 3.63) is 70.9 Å². The maximum Gasteiger partial charge on any atom is 0.334 e. The zero-order valence-electron chi connectivity index (χ0n) is 12.5. The van der Waals surface area contributed by atoms with Crippen molar-refractivity contribution < 1.29 is 9.90 Å². The fraction of sp³-hybridized carbons (Fsp3) is 0.167. The Hall–Kier alpha value is -2.20. The van der Waals surface area contributed by atoms with E-state index in [0.29, 0.717) is 11.3 Å². The second-order valence-electron chi connectivity index (χ2n) is 5.37. The molecule has 1 aliphatic heterocycles. The lowest BCUT2D eigenvalue weighted by atomic mass is 10.0. The fourth-order valence-corrected chi connectivity index (χ4v) is 3.92. The number of aryl methyl sites for hydroxylation is 1. The van der Waals surface area contributed by atoms with Crippen molar-refractivity contribution in [1.29, 1.82) is 0 Å². The maximum absolute atomic E-state index is 11.8. The summed E-state index contributed by atoms with van der Waals surface area (Å²) >= 11 is 1.58. The number of nitrogens with one attached hydrogen (secondary N) is 1. The number of anilines is 1. The Labute approximate surface area is 134 Å². The van der Waals surface area contributed by atoms with Crippen LogP contribution in [0.25, 0.3) is 0 Å². The molecule has 0 saturated carbocycles. The third-order valence-electron chi connectivity index (χ3n) is 3.73. The van der Waals surface area contributed by atoms with Crippen molar-refractivity contribution in [2.45, 2.75) is 24.0 Å². The molecule has 1 atom stereocenters. The Kier molecular flexibility index (Phi) is 3.94. The fourth-order valence-electron chi connectivity index (χ4n) is 2.57. The third kappa shape index (κ3) is 2.74. The second-order valence-corrected chi connectivity index (χ2v) is 6.52. The molecule has 0 bridgehead atoms. The molecular weight excluding hydrogens is 294 g/mol. The van der Waals surface area contributed by atoms with E-state index in [9.17, 15) is 9.90 Å². The summed E-state index contributed by atoms with van der Waals surface area (Å²) in [6.45, 7) is 3.85. The van der Waals surface area contributed by atoms with E-state index in [1.54, 1.807) is 11.8 Å². The number of thioether (sulfide) groups is 1. The number of carboxylic acid groups (broad SMARTS) is 1. The van der Waals surface area contributed by atoms with Crippen LogP contribution < -0.4 is 5.32 Å². The minimum Gasteiger partial charge on any atom is -0.478 e. The Bertz CT molecular complexity index is 750. The molecule has 0 fully saturated rings. The minimum atomic E-state index is -0.879. The highest BCUT2D eigenvalue weighted by molar-refractivity contribution is 8.00. The van der Waals surface area contributed by atoms with Gasteiger partial charge in [-0.15, -0.1) is 11.8 Å². The van der Waals surface area contributed by atoms with Gasteiger partial charge in [-0.1, -0.05) is 42.0 Å². The van der Waals surface area contributed by atoms with Crippen molar-refractivity contribution in [3.8, 4) is 0 Å². The highest BCUT2D eigenvalue weighted by Gasteiger charge is 2.29. The average Bonchev–Trinajstić information content (AvgIpc) is 2.63. The van der Waals surface area contributed by atoms with Crippen LogP contribution in [0.5, 0.6) is 0 Å². The first-order valence-electron chi connectivity index (χ1n) is 7.09. The predicted octanol–water partition coefficient (Wildman–Crippen LogP) is 4.61. The number of carboxylic acids is 1. The van der Waals surface area contributed by atoms with Crippen molar-refractivity contribution in [1.82, 2.24) is 0 Å². The predicted molar refractivity (Wildman–Crippen MR) is 90.2 cm³/mol. The first kappa shape index (κ1) is 14.7. The van der Waals surface area contributed by atoms with E-state index in [2.05, 4.69) is 5.32 Å². The van der Waals surface area contributed by atoms with Gasteiger partial charge in [0.1, 0.15) is 0 Å². The van der Waals surface area contributed by atoms with E-state index in [1.165, 1.54) is 5.56 Å². The molecule has 1 unspecified atom stereocenters. The number of rotatable bonds is 2. The number of hydrogen-bond acceptors (Lipinski definition) is 3. The van der Waals surface area contributed by atoms with Gasteiger partial charge in [-0.2, -0.15) is 0 Å². The van der Waals surface area contributed by atoms with Gasteiger partial charge in [0.15, 0.2) is 0 Å². The van der Waals surface area contributed by atoms with Gasteiger partial charge in [0.25, 0.3) is 0 Å². The number of allylic oxidation sites excluding steroid dienone is 1. The summed E-state index contributed by atoms with van der Waals surface area (Å²) in [7, 11) is 0. The number of para-hydroxylation sites is 1. The van der Waals surface area contributed by atoms with Gasteiger partial charge in [-0.25, -0.2) is 4.79 Å². The van der Waals surface area contributed by atoms with Gasteiger partial charge in [0.2, 0.25) is 0 Å². The minimum absolute atomic E-state index is 0.228. The zero-order chi connectivity index (χ0) is 15.7. The van der Waals surface area contributed by atoms with Crippen LogP contribution in [0.4, 0.5) is 5.69 Å². The molecule has 0 aromatic heterocycles. The van der Waals surface area contributed by atoms with Gasteiger partial charge >= 0.3 is 5.97 Å². The number of aliphatic carboxylic acids is 1. The Morgan fingerprint density at radius 1 is 1.09 bits per heavy atom. The van der Waals surface area contributed by atoms with E-state index in [4.69, 9.17) is 0 Å². The molecule has 0 spiro atoms. The van der Waals surface area contributed by atoms with Crippen molar-refractivity contribution in [2.24, 2.45) is 0 Å². The molecule has 0 amide bonds. The Balaban J connectivity index is 2.13. The lowest BCUT2D eigenvalue weighted by Crippen LogP contribution is -2.12. The van der Waals surface area contributed by atoms with Gasteiger partial charge in [0.05, 0.1) is 16.5 Å². The smallest absolute Gasteiger partial charge is 0.334 e. The lowest BCUT2D eigenvalue weighted by Gasteiger charge is -2.17. The molecule has 1 heterocycles. The molecule has 2 aromatic carbocycles. The molecule has 22 heavy (non-hydrogen) atoms. The molecular formula is C18H17NO2S. The summed E-state index contributed by atoms with van der Waals surface area (Å²) in [5, 5.41) is 12.7. The standard InChI is InChI=1S/C18H17NO2S/c1-11-7-9-13(10-8-11)17-16(18(20)21)12(2)19-14-5-3-4-6-15(14)22-17/h3-10,17,19H,1-2H3,(H,20,21). The normalized spacial score (nSPS) is 17.5. The average molecular weight is 311 g/mol. The maximum atomic E-state index is 11.8. The largest absolute Gasteiger partial charge is 0.478 e. The number of fused-ring (bicyclic) bond motifs is 1. The van der Waals surface area contributed by atoms with Crippen LogP contribution in [-0.2, 0) is 4.79 Å². The SMILES string of the molecule is CC1=C(C(=O)O)C(c2ccc(C)cc2)Sc2ccccc2N1. The van der Waals surface area contributed by atoms with Crippen LogP contribution in [0.2, 0.25) is 0 Å². The van der Waals surface area contributed by atoms with E-state index < -0.39 is 5.97 Å². The van der Waals surface area contributed by atoms with E-state index in [1.807, 2.05) is 62.4 Å². The molecule has 0 aliphatic carbocycles. The van der Waals surface area contributed by atoms with E-state index in [0.717, 1.165) is 16.1 Å². The molecule has 2 N–H and O–H groups in total. The van der Waals surface area contributed by atoms with Crippen molar-refractivity contribution in [2.75, 3.05) is 5.32 Å². The second kappa shape index (κ2) is 5.89. The first-order valence-corrected chi connectivity index (χ1v) is 7.97. The summed E-state index contributed by atoms with van der Waals surface area (Å²) in [6.07, 6.45) is 0. The highest BCUT2D eigenvalue weighted by atomic mass is 32.2. The van der Waals surface area contributed by atoms with E-state index in [-0.39, 0.29) is 5.25 Å². The number of carbonyl (C=O) groups is 1. The summed E-state index contributed by atoms with van der Waals surface area (Å²) in [6, 6.07) is 16.0. The molecule has 1 aliphatic rings. The first-order chi connectivity index (χ1) is 10.6. The van der Waals surface area contributed by atoms with Crippen LogP contribution in [-0.4, -0.2) is 11.1 Å². The van der Waals surface area contributed by atoms with Crippen LogP contribution in [0.3, 0.4) is 0 Å². The summed E-state index contributed by atoms with van der Waals surface area (Å²) in [5.41, 5.74) is 4.23. The van der Waals surface area contributed by atoms with Gasteiger partial charge < -0.3 is 10.4 Å². The number of benzene rings is 2. The van der Waals surface area contributed by atoms with Crippen LogP contribution >= 0.6 is 11.8 Å². The quantitative estimate of drug-likeness (QED) is 0.850. The zero-order valence-corrected chi connectivity index (χ0v) is 13.3. The molecule has 2 aromatic rings. The number of hydrogen-bond donors (Lipinski definition) is 2. The van der Waals surface area contributed by atoms with E-state index >= 15 is 0 Å². The van der Waals surface area contributed by atoms with Gasteiger partial charge in [0, 0.05) is 10.6 Å². The topological polar surface area (TPSA) is 49.3 Å².